The Kier molecular flexibility index (Phi) is 3.93. The lowest BCUT2D eigenvalue weighted by Crippen LogP contribution is -2.08. The molecule has 84 valence electrons. The number of nitrogens with zero attached hydrogens (tertiary/aromatic N) is 1. The third-order valence-electron chi connectivity index (χ3n) is 1.97. The van der Waals surface area contributed by atoms with Crippen LogP contribution in [-0.2, 0) is 13.2 Å². The summed E-state index contributed by atoms with van der Waals surface area (Å²) in [5.74, 6) is 0.0411. The Morgan fingerprint density at radius 3 is 2.67 bits per heavy atom. The van der Waals surface area contributed by atoms with E-state index in [9.17, 15) is 8.78 Å². The Hall–Kier alpha value is -1.27. The number of halogens is 2. The highest BCUT2D eigenvalue weighted by Crippen LogP contribution is 2.29. The highest BCUT2D eigenvalue weighted by atomic mass is 19.3. The summed E-state index contributed by atoms with van der Waals surface area (Å²) in [7, 11) is 1.32. The van der Waals surface area contributed by atoms with Crippen LogP contribution in [0.5, 0.6) is 5.88 Å². The van der Waals surface area contributed by atoms with Crippen LogP contribution in [0.2, 0.25) is 0 Å². The number of ether oxygens (including phenoxy) is 1. The first-order valence-corrected chi connectivity index (χ1v) is 4.29. The van der Waals surface area contributed by atoms with Crippen molar-refractivity contribution in [3.63, 3.8) is 0 Å². The van der Waals surface area contributed by atoms with E-state index in [1.807, 2.05) is 0 Å². The van der Waals surface area contributed by atoms with E-state index in [0.717, 1.165) is 6.07 Å². The molecule has 1 rings (SSSR count). The summed E-state index contributed by atoms with van der Waals surface area (Å²) in [5.41, 5.74) is 5.41. The van der Waals surface area contributed by atoms with Gasteiger partial charge in [-0.05, 0) is 6.07 Å². The molecule has 0 amide bonds. The lowest BCUT2D eigenvalue weighted by Gasteiger charge is -2.12. The molecule has 15 heavy (non-hydrogen) atoms. The molecular formula is C9H12F2N2O2. The molecule has 0 aliphatic rings. The maximum absolute atomic E-state index is 12.6. The fraction of sp³-hybridized carbons (Fsp3) is 0.444. The predicted molar refractivity (Wildman–Crippen MR) is 49.6 cm³/mol. The van der Waals surface area contributed by atoms with Crippen molar-refractivity contribution in [1.82, 2.24) is 4.98 Å². The van der Waals surface area contributed by atoms with Crippen molar-refractivity contribution in [3.8, 4) is 5.88 Å². The SMILES string of the molecule is COc1nc(CO)cc(C(F)F)c1CN. The van der Waals surface area contributed by atoms with Crippen LogP contribution in [0.1, 0.15) is 23.2 Å². The summed E-state index contributed by atoms with van der Waals surface area (Å²) in [6.45, 7) is -0.498. The molecule has 6 heteroatoms. The fourth-order valence-electron chi connectivity index (χ4n) is 1.27. The molecule has 0 bridgehead atoms. The minimum absolute atomic E-state index is 0.0411. The summed E-state index contributed by atoms with van der Waals surface area (Å²) in [6, 6.07) is 1.13. The van der Waals surface area contributed by atoms with Gasteiger partial charge < -0.3 is 15.6 Å². The van der Waals surface area contributed by atoms with E-state index >= 15 is 0 Å². The minimum Gasteiger partial charge on any atom is -0.481 e. The monoisotopic (exact) mass is 218 g/mol. The zero-order valence-corrected chi connectivity index (χ0v) is 8.20. The summed E-state index contributed by atoms with van der Waals surface area (Å²) in [5, 5.41) is 8.83. The van der Waals surface area contributed by atoms with E-state index < -0.39 is 13.0 Å². The first-order chi connectivity index (χ1) is 7.13. The number of aliphatic hydroxyl groups is 1. The molecule has 0 aromatic carbocycles. The van der Waals surface area contributed by atoms with E-state index in [-0.39, 0.29) is 29.2 Å². The molecule has 0 unspecified atom stereocenters. The number of alkyl halides is 2. The van der Waals surface area contributed by atoms with Gasteiger partial charge in [0.25, 0.3) is 6.43 Å². The van der Waals surface area contributed by atoms with Crippen LogP contribution in [0.3, 0.4) is 0 Å². The average Bonchev–Trinajstić information content (AvgIpc) is 2.26. The molecular weight excluding hydrogens is 206 g/mol. The van der Waals surface area contributed by atoms with Crippen LogP contribution in [0, 0.1) is 0 Å². The molecule has 0 saturated heterocycles. The van der Waals surface area contributed by atoms with Gasteiger partial charge in [-0.1, -0.05) is 0 Å². The number of hydrogen-bond donors (Lipinski definition) is 2. The molecule has 0 aliphatic heterocycles. The molecule has 0 radical (unpaired) electrons. The number of nitrogens with two attached hydrogens (primary N) is 1. The first kappa shape index (κ1) is 11.8. The Bertz CT molecular complexity index is 345. The number of hydrogen-bond acceptors (Lipinski definition) is 4. The molecule has 3 N–H and O–H groups in total. The van der Waals surface area contributed by atoms with Gasteiger partial charge in [0.05, 0.1) is 19.4 Å². The van der Waals surface area contributed by atoms with E-state index in [1.165, 1.54) is 7.11 Å². The zero-order chi connectivity index (χ0) is 11.4. The van der Waals surface area contributed by atoms with E-state index in [2.05, 4.69) is 4.98 Å². The van der Waals surface area contributed by atoms with E-state index in [0.29, 0.717) is 0 Å². The normalized spacial score (nSPS) is 10.8. The number of aliphatic hydroxyl groups excluding tert-OH is 1. The molecule has 0 spiro atoms. The number of methoxy groups -OCH3 is 1. The van der Waals surface area contributed by atoms with Crippen molar-refractivity contribution in [2.75, 3.05) is 7.11 Å². The van der Waals surface area contributed by atoms with Crippen LogP contribution in [0.25, 0.3) is 0 Å². The Morgan fingerprint density at radius 1 is 1.60 bits per heavy atom. The van der Waals surface area contributed by atoms with Gasteiger partial charge in [-0.3, -0.25) is 0 Å². The average molecular weight is 218 g/mol. The Balaban J connectivity index is 3.32. The van der Waals surface area contributed by atoms with Gasteiger partial charge in [-0.15, -0.1) is 0 Å². The predicted octanol–water partition coefficient (Wildman–Crippen LogP) is 0.979. The van der Waals surface area contributed by atoms with Crippen LogP contribution < -0.4 is 10.5 Å². The second-order valence-corrected chi connectivity index (χ2v) is 2.85. The molecule has 0 atom stereocenters. The smallest absolute Gasteiger partial charge is 0.264 e. The fourth-order valence-corrected chi connectivity index (χ4v) is 1.27. The maximum atomic E-state index is 12.6. The highest BCUT2D eigenvalue weighted by Gasteiger charge is 2.18. The molecule has 0 aliphatic carbocycles. The summed E-state index contributed by atoms with van der Waals surface area (Å²) in [6.07, 6.45) is -2.66. The van der Waals surface area contributed by atoms with Crippen molar-refractivity contribution in [3.05, 3.63) is 22.9 Å². The van der Waals surface area contributed by atoms with E-state index in [4.69, 9.17) is 15.6 Å². The first-order valence-electron chi connectivity index (χ1n) is 4.29. The Morgan fingerprint density at radius 2 is 2.27 bits per heavy atom. The third kappa shape index (κ3) is 2.40. The number of pyridine rings is 1. The minimum atomic E-state index is -2.66. The second kappa shape index (κ2) is 4.99. The van der Waals surface area contributed by atoms with E-state index in [1.54, 1.807) is 0 Å². The third-order valence-corrected chi connectivity index (χ3v) is 1.97. The summed E-state index contributed by atoms with van der Waals surface area (Å²) in [4.78, 5) is 3.84. The maximum Gasteiger partial charge on any atom is 0.264 e. The molecule has 1 aromatic rings. The van der Waals surface area contributed by atoms with Gasteiger partial charge in [-0.2, -0.15) is 0 Å². The lowest BCUT2D eigenvalue weighted by molar-refractivity contribution is 0.149. The van der Waals surface area contributed by atoms with Crippen LogP contribution in [0.4, 0.5) is 8.78 Å². The van der Waals surface area contributed by atoms with Crippen molar-refractivity contribution in [1.29, 1.82) is 0 Å². The molecule has 1 aromatic heterocycles. The van der Waals surface area contributed by atoms with Gasteiger partial charge in [0.2, 0.25) is 5.88 Å². The van der Waals surface area contributed by atoms with Crippen molar-refractivity contribution in [2.24, 2.45) is 5.73 Å². The summed E-state index contributed by atoms with van der Waals surface area (Å²) >= 11 is 0. The van der Waals surface area contributed by atoms with Gasteiger partial charge in [-0.25, -0.2) is 13.8 Å². The van der Waals surface area contributed by atoms with Crippen LogP contribution in [0.15, 0.2) is 6.07 Å². The number of rotatable bonds is 4. The van der Waals surface area contributed by atoms with Gasteiger partial charge >= 0.3 is 0 Å². The molecule has 0 saturated carbocycles. The Labute approximate surface area is 85.7 Å². The largest absolute Gasteiger partial charge is 0.481 e. The van der Waals surface area contributed by atoms with Crippen molar-refractivity contribution < 1.29 is 18.6 Å². The quantitative estimate of drug-likeness (QED) is 0.790. The van der Waals surface area contributed by atoms with Crippen LogP contribution in [-0.4, -0.2) is 17.2 Å². The molecule has 1 heterocycles. The molecule has 4 nitrogen and oxygen atoms in total. The zero-order valence-electron chi connectivity index (χ0n) is 8.20. The number of aromatic nitrogens is 1. The standard InChI is InChI=1S/C9H12F2N2O2/c1-15-9-7(3-12)6(8(10)11)2-5(4-14)13-9/h2,8,14H,3-4,12H2,1H3. The summed E-state index contributed by atoms with van der Waals surface area (Å²) < 4.78 is 30.1. The lowest BCUT2D eigenvalue weighted by atomic mass is 10.1. The topological polar surface area (TPSA) is 68.4 Å². The van der Waals surface area contributed by atoms with Gasteiger partial charge in [0, 0.05) is 17.7 Å². The van der Waals surface area contributed by atoms with Crippen molar-refractivity contribution in [2.45, 2.75) is 19.6 Å². The van der Waals surface area contributed by atoms with Gasteiger partial charge in [0.1, 0.15) is 0 Å². The highest BCUT2D eigenvalue weighted by molar-refractivity contribution is 5.37. The molecule has 0 fully saturated rings. The van der Waals surface area contributed by atoms with Crippen LogP contribution >= 0.6 is 0 Å². The van der Waals surface area contributed by atoms with Crippen molar-refractivity contribution >= 4 is 0 Å². The van der Waals surface area contributed by atoms with Gasteiger partial charge in [0.15, 0.2) is 0 Å². The second-order valence-electron chi connectivity index (χ2n) is 2.85.